The van der Waals surface area contributed by atoms with Gasteiger partial charge in [0.15, 0.2) is 11.7 Å². The molecule has 0 radical (unpaired) electrons. The minimum atomic E-state index is -1.15. The van der Waals surface area contributed by atoms with Crippen LogP contribution in [0.2, 0.25) is 0 Å². The Kier molecular flexibility index (Phi) is 9.99. The van der Waals surface area contributed by atoms with E-state index in [0.29, 0.717) is 11.3 Å². The molecule has 0 N–H and O–H groups in total. The first kappa shape index (κ1) is 29.2. The molecule has 2 aromatic carbocycles. The highest BCUT2D eigenvalue weighted by Gasteiger charge is 2.35. The van der Waals surface area contributed by atoms with Gasteiger partial charge < -0.3 is 18.4 Å². The Balaban J connectivity index is 2.30. The van der Waals surface area contributed by atoms with Crippen LogP contribution in [0.3, 0.4) is 0 Å². The molecule has 0 heterocycles. The molecule has 0 saturated carbocycles. The van der Waals surface area contributed by atoms with Gasteiger partial charge in [0.2, 0.25) is 0 Å². The molecule has 2 rings (SSSR count). The van der Waals surface area contributed by atoms with Crippen LogP contribution in [0.4, 0.5) is 0 Å². The molecule has 0 aliphatic rings. The summed E-state index contributed by atoms with van der Waals surface area (Å²) >= 11 is 1.12. The third kappa shape index (κ3) is 9.22. The third-order valence-electron chi connectivity index (χ3n) is 4.84. The van der Waals surface area contributed by atoms with Gasteiger partial charge in [-0.15, -0.1) is 0 Å². The van der Waals surface area contributed by atoms with E-state index in [1.807, 2.05) is 31.2 Å². The third-order valence-corrected chi connectivity index (χ3v) is 5.56. The van der Waals surface area contributed by atoms with Crippen molar-refractivity contribution in [2.45, 2.75) is 77.4 Å². The number of carbonyl (C=O) groups excluding carboxylic acids is 3. The highest BCUT2D eigenvalue weighted by molar-refractivity contribution is 7.95. The van der Waals surface area contributed by atoms with E-state index in [1.165, 1.54) is 7.11 Å². The predicted octanol–water partition coefficient (Wildman–Crippen LogP) is 6.10. The van der Waals surface area contributed by atoms with Crippen LogP contribution in [-0.2, 0) is 30.2 Å². The van der Waals surface area contributed by atoms with Crippen LogP contribution in [0.1, 0.15) is 69.4 Å². The molecule has 196 valence electrons. The van der Waals surface area contributed by atoms with Crippen LogP contribution < -0.4 is 4.18 Å². The van der Waals surface area contributed by atoms with Crippen molar-refractivity contribution in [2.75, 3.05) is 7.11 Å². The second-order valence-electron chi connectivity index (χ2n) is 10.4. The Labute approximate surface area is 218 Å². The Morgan fingerprint density at radius 2 is 1.42 bits per heavy atom. The van der Waals surface area contributed by atoms with Crippen molar-refractivity contribution in [2.24, 2.45) is 5.92 Å². The van der Waals surface area contributed by atoms with Gasteiger partial charge >= 0.3 is 17.9 Å². The number of hydrogen-bond donors (Lipinski definition) is 0. The minimum Gasteiger partial charge on any atom is -0.465 e. The van der Waals surface area contributed by atoms with Crippen LogP contribution in [0, 0.1) is 12.8 Å². The second-order valence-corrected chi connectivity index (χ2v) is 11.2. The summed E-state index contributed by atoms with van der Waals surface area (Å²) in [6, 6.07) is 13.0. The highest BCUT2D eigenvalue weighted by atomic mass is 32.2. The quantitative estimate of drug-likeness (QED) is 0.171. The van der Waals surface area contributed by atoms with Gasteiger partial charge in [-0.3, -0.25) is 9.59 Å². The zero-order chi connectivity index (χ0) is 27.1. The molecule has 0 amide bonds. The Bertz CT molecular complexity index is 1030. The first-order valence-electron chi connectivity index (χ1n) is 11.8. The van der Waals surface area contributed by atoms with Crippen molar-refractivity contribution in [1.29, 1.82) is 0 Å². The van der Waals surface area contributed by atoms with E-state index in [1.54, 1.807) is 59.7 Å². The Hall–Kier alpha value is -3.00. The number of aryl methyl sites for hydroxylation is 2. The monoisotopic (exact) mass is 516 g/mol. The van der Waals surface area contributed by atoms with E-state index in [-0.39, 0.29) is 18.4 Å². The lowest BCUT2D eigenvalue weighted by molar-refractivity contribution is -0.174. The van der Waals surface area contributed by atoms with Gasteiger partial charge in [-0.2, -0.15) is 0 Å². The summed E-state index contributed by atoms with van der Waals surface area (Å²) in [4.78, 5) is 39.4. The molecule has 0 bridgehead atoms. The summed E-state index contributed by atoms with van der Waals surface area (Å²) in [5, 5.41) is 0. The maximum absolute atomic E-state index is 12.9. The number of esters is 3. The average Bonchev–Trinajstić information content (AvgIpc) is 2.76. The molecule has 0 saturated heterocycles. The van der Waals surface area contributed by atoms with Crippen LogP contribution in [0.5, 0.6) is 5.75 Å². The first-order chi connectivity index (χ1) is 16.7. The Morgan fingerprint density at radius 3 is 1.92 bits per heavy atom. The van der Waals surface area contributed by atoms with Gasteiger partial charge in [0.25, 0.3) is 0 Å². The maximum atomic E-state index is 12.9. The minimum absolute atomic E-state index is 0.0857. The van der Waals surface area contributed by atoms with Crippen molar-refractivity contribution in [1.82, 2.24) is 0 Å². The van der Waals surface area contributed by atoms with Crippen LogP contribution in [0.15, 0.2) is 47.4 Å². The molecular formula is C28H36O7S. The summed E-state index contributed by atoms with van der Waals surface area (Å²) in [5.74, 6) is -2.73. The van der Waals surface area contributed by atoms with Crippen molar-refractivity contribution in [3.8, 4) is 5.75 Å². The summed E-state index contributed by atoms with van der Waals surface area (Å²) in [7, 11) is 1.29. The van der Waals surface area contributed by atoms with Crippen molar-refractivity contribution in [3.63, 3.8) is 0 Å². The SMILES string of the molecule is COC(=O)c1c(CCC(C(=O)OC(C)(C)C)C(=O)OC(C)(C)C)cccc1OSc1ccc(C)cc1. The molecule has 0 aliphatic carbocycles. The number of rotatable bonds is 9. The molecule has 0 atom stereocenters. The summed E-state index contributed by atoms with van der Waals surface area (Å²) in [6.45, 7) is 12.4. The highest BCUT2D eigenvalue weighted by Crippen LogP contribution is 2.31. The van der Waals surface area contributed by atoms with Crippen molar-refractivity contribution >= 4 is 30.0 Å². The average molecular weight is 517 g/mol. The molecular weight excluding hydrogens is 480 g/mol. The van der Waals surface area contributed by atoms with Crippen molar-refractivity contribution < 1.29 is 32.8 Å². The lowest BCUT2D eigenvalue weighted by atomic mass is 9.95. The number of carbonyl (C=O) groups is 3. The first-order valence-corrected chi connectivity index (χ1v) is 12.5. The number of hydrogen-bond acceptors (Lipinski definition) is 8. The molecule has 0 aliphatic heterocycles. The van der Waals surface area contributed by atoms with Crippen LogP contribution in [0.25, 0.3) is 0 Å². The van der Waals surface area contributed by atoms with E-state index in [9.17, 15) is 14.4 Å². The van der Waals surface area contributed by atoms with Crippen molar-refractivity contribution in [3.05, 3.63) is 59.2 Å². The molecule has 0 unspecified atom stereocenters. The van der Waals surface area contributed by atoms with E-state index in [4.69, 9.17) is 18.4 Å². The number of ether oxygens (including phenoxy) is 3. The smallest absolute Gasteiger partial charge is 0.341 e. The number of benzene rings is 2. The molecule has 2 aromatic rings. The standard InChI is InChI=1S/C28H36O7S/c1-18-12-15-20(16-13-18)36-35-22-11-9-10-19(23(22)26(31)32-8)14-17-21(24(29)33-27(2,3)4)25(30)34-28(5,6)7/h9-13,15-16,21H,14,17H2,1-8H3. The molecule has 7 nitrogen and oxygen atoms in total. The topological polar surface area (TPSA) is 88.1 Å². The second kappa shape index (κ2) is 12.3. The fourth-order valence-corrected chi connectivity index (χ4v) is 3.82. The fourth-order valence-electron chi connectivity index (χ4n) is 3.25. The Morgan fingerprint density at radius 1 is 0.861 bits per heavy atom. The zero-order valence-electron chi connectivity index (χ0n) is 22.3. The lowest BCUT2D eigenvalue weighted by Crippen LogP contribution is -2.37. The maximum Gasteiger partial charge on any atom is 0.341 e. The normalized spacial score (nSPS) is 11.7. The molecule has 36 heavy (non-hydrogen) atoms. The molecule has 8 heteroatoms. The van der Waals surface area contributed by atoms with Gasteiger partial charge in [-0.25, -0.2) is 4.79 Å². The predicted molar refractivity (Wildman–Crippen MR) is 139 cm³/mol. The van der Waals surface area contributed by atoms with Crippen LogP contribution >= 0.6 is 12.0 Å². The summed E-state index contributed by atoms with van der Waals surface area (Å²) in [5.41, 5.74) is 0.416. The van der Waals surface area contributed by atoms with E-state index < -0.39 is 35.0 Å². The fraction of sp³-hybridized carbons (Fsp3) is 0.464. The largest absolute Gasteiger partial charge is 0.465 e. The van der Waals surface area contributed by atoms with Gasteiger partial charge in [-0.05, 0) is 85.1 Å². The lowest BCUT2D eigenvalue weighted by Gasteiger charge is -2.26. The molecule has 0 spiro atoms. The van der Waals surface area contributed by atoms with Gasteiger partial charge in [0.05, 0.1) is 19.2 Å². The summed E-state index contributed by atoms with van der Waals surface area (Å²) in [6.07, 6.45) is 0.308. The van der Waals surface area contributed by atoms with Gasteiger partial charge in [0.1, 0.15) is 16.8 Å². The van der Waals surface area contributed by atoms with Crippen LogP contribution in [-0.4, -0.2) is 36.2 Å². The molecule has 0 fully saturated rings. The van der Waals surface area contributed by atoms with E-state index >= 15 is 0 Å². The van der Waals surface area contributed by atoms with E-state index in [2.05, 4.69) is 0 Å². The van der Waals surface area contributed by atoms with E-state index in [0.717, 1.165) is 22.5 Å². The zero-order valence-corrected chi connectivity index (χ0v) is 23.1. The summed E-state index contributed by atoms with van der Waals surface area (Å²) < 4.78 is 21.9. The van der Waals surface area contributed by atoms with Gasteiger partial charge in [0, 0.05) is 4.90 Å². The number of methoxy groups -OCH3 is 1. The van der Waals surface area contributed by atoms with Gasteiger partial charge in [-0.1, -0.05) is 29.8 Å². The molecule has 0 aromatic heterocycles.